The molecule has 0 saturated heterocycles. The lowest BCUT2D eigenvalue weighted by Gasteiger charge is -2.43. The first-order valence-electron chi connectivity index (χ1n) is 21.5. The molecule has 0 unspecified atom stereocenters. The smallest absolute Gasteiger partial charge is 0.249 e. The number of benzene rings is 8. The third kappa shape index (κ3) is 5.95. The molecule has 0 fully saturated rings. The van der Waals surface area contributed by atoms with Crippen molar-refractivity contribution in [2.24, 2.45) is 0 Å². The maximum absolute atomic E-state index is 2.69. The van der Waals surface area contributed by atoms with Crippen LogP contribution in [-0.2, 0) is 11.8 Å². The molecule has 0 atom stereocenters. The molecule has 2 aliphatic heterocycles. The van der Waals surface area contributed by atoms with E-state index in [9.17, 15) is 0 Å². The first kappa shape index (κ1) is 36.8. The van der Waals surface area contributed by atoms with Crippen LogP contribution < -0.4 is 21.3 Å². The maximum atomic E-state index is 2.69. The molecule has 0 saturated carbocycles. The molecule has 0 aliphatic carbocycles. The second-order valence-electron chi connectivity index (χ2n) is 17.5. The Balaban J connectivity index is 1.26. The van der Waals surface area contributed by atoms with Gasteiger partial charge >= 0.3 is 0 Å². The minimum atomic E-state index is -0.0558. The van der Waals surface area contributed by atoms with Gasteiger partial charge in [-0.25, -0.2) is 0 Å². The monoisotopic (exact) mass is 790 g/mol. The number of para-hydroxylation sites is 3. The number of anilines is 3. The van der Waals surface area contributed by atoms with Gasteiger partial charge in [0, 0.05) is 43.2 Å². The summed E-state index contributed by atoms with van der Waals surface area (Å²) >= 11 is 1.95. The summed E-state index contributed by atoms with van der Waals surface area (Å²) in [7, 11) is 0. The molecule has 1 aromatic heterocycles. The van der Waals surface area contributed by atoms with E-state index < -0.39 is 0 Å². The van der Waals surface area contributed by atoms with Gasteiger partial charge in [-0.1, -0.05) is 185 Å². The van der Waals surface area contributed by atoms with E-state index in [2.05, 4.69) is 213 Å². The Kier molecular flexibility index (Phi) is 8.90. The molecule has 2 aliphatic rings. The summed E-state index contributed by atoms with van der Waals surface area (Å²) in [6.07, 6.45) is 3.27. The minimum absolute atomic E-state index is 0.0558. The molecule has 9 aromatic rings. The predicted molar refractivity (Wildman–Crippen MR) is 259 cm³/mol. The van der Waals surface area contributed by atoms with Gasteiger partial charge in [0.1, 0.15) is 0 Å². The summed E-state index contributed by atoms with van der Waals surface area (Å²) in [5, 5.41) is 2.55. The van der Waals surface area contributed by atoms with Crippen molar-refractivity contribution in [2.75, 3.05) is 4.90 Å². The quantitative estimate of drug-likeness (QED) is 0.149. The van der Waals surface area contributed by atoms with Crippen LogP contribution in [0.1, 0.15) is 51.7 Å². The van der Waals surface area contributed by atoms with Crippen LogP contribution in [0.5, 0.6) is 0 Å². The zero-order chi connectivity index (χ0) is 40.5. The van der Waals surface area contributed by atoms with Crippen LogP contribution in [-0.4, -0.2) is 11.3 Å². The van der Waals surface area contributed by atoms with Crippen molar-refractivity contribution in [1.82, 2.24) is 4.57 Å². The molecule has 4 heteroatoms. The molecular weight excluding hydrogens is 744 g/mol. The zero-order valence-corrected chi connectivity index (χ0v) is 35.6. The van der Waals surface area contributed by atoms with Gasteiger partial charge in [-0.2, -0.15) is 0 Å². The molecule has 8 aromatic carbocycles. The largest absolute Gasteiger partial charge is 0.310 e. The van der Waals surface area contributed by atoms with Crippen LogP contribution in [0.3, 0.4) is 0 Å². The Morgan fingerprint density at radius 3 is 1.93 bits per heavy atom. The van der Waals surface area contributed by atoms with Crippen molar-refractivity contribution in [2.45, 2.75) is 62.2 Å². The molecule has 0 bridgehead atoms. The SMILES string of the molecule is CCCCc1cccc(-c2ccccc2)c1N1c2cc(-n3c4ccccc4c4ccccc43)ccc2B2c3cc(-c4ccccc4)ccc3Sc3cc(C(C)(C)C)cc1c32. The maximum Gasteiger partial charge on any atom is 0.249 e. The lowest BCUT2D eigenvalue weighted by atomic mass is 9.34. The average molecular weight is 791 g/mol. The minimum Gasteiger partial charge on any atom is -0.310 e. The van der Waals surface area contributed by atoms with E-state index in [1.165, 1.54) is 104 Å². The van der Waals surface area contributed by atoms with Crippen LogP contribution in [0.4, 0.5) is 17.1 Å². The summed E-state index contributed by atoms with van der Waals surface area (Å²) in [5.74, 6) is 0. The molecule has 290 valence electrons. The van der Waals surface area contributed by atoms with Gasteiger partial charge in [0.25, 0.3) is 0 Å². The Bertz CT molecular complexity index is 3050. The van der Waals surface area contributed by atoms with Crippen molar-refractivity contribution >= 4 is 73.7 Å². The van der Waals surface area contributed by atoms with E-state index in [0.717, 1.165) is 19.3 Å². The van der Waals surface area contributed by atoms with E-state index in [1.807, 2.05) is 11.8 Å². The summed E-state index contributed by atoms with van der Waals surface area (Å²) in [4.78, 5) is 5.39. The molecule has 2 nitrogen and oxygen atoms in total. The number of hydrogen-bond acceptors (Lipinski definition) is 2. The number of unbranched alkanes of at least 4 members (excludes halogenated alkanes) is 1. The molecule has 11 rings (SSSR count). The van der Waals surface area contributed by atoms with Gasteiger partial charge in [0.15, 0.2) is 0 Å². The second-order valence-corrected chi connectivity index (χ2v) is 18.6. The standard InChI is InChI=1S/C56H47BN2S/c1-5-6-18-39-23-17-26-43(38-21-11-8-12-22-38)55(39)59-50-36-42(58-48-27-15-13-24-44(48)45-25-14-16-28-49(45)58)30-31-46(50)57-47-33-40(37-19-9-7-10-20-37)29-32-52(47)60-53-35-41(56(2,3)4)34-51(59)54(53)57/h7-17,19-36H,5-6,18H2,1-4H3. The number of aryl methyl sites for hydroxylation is 1. The summed E-state index contributed by atoms with van der Waals surface area (Å²) < 4.78 is 2.48. The molecule has 0 spiro atoms. The highest BCUT2D eigenvalue weighted by Gasteiger charge is 2.43. The number of rotatable bonds is 7. The highest BCUT2D eigenvalue weighted by molar-refractivity contribution is 8.00. The molecule has 0 N–H and O–H groups in total. The van der Waals surface area contributed by atoms with Gasteiger partial charge in [0.05, 0.1) is 16.7 Å². The number of hydrogen-bond donors (Lipinski definition) is 0. The first-order valence-corrected chi connectivity index (χ1v) is 22.3. The van der Waals surface area contributed by atoms with E-state index >= 15 is 0 Å². The third-order valence-electron chi connectivity index (χ3n) is 12.8. The lowest BCUT2D eigenvalue weighted by molar-refractivity contribution is 0.589. The van der Waals surface area contributed by atoms with Gasteiger partial charge in [-0.05, 0) is 99.5 Å². The topological polar surface area (TPSA) is 8.17 Å². The van der Waals surface area contributed by atoms with Gasteiger partial charge in [-0.3, -0.25) is 0 Å². The van der Waals surface area contributed by atoms with Crippen LogP contribution in [0, 0.1) is 0 Å². The highest BCUT2D eigenvalue weighted by Crippen LogP contribution is 2.49. The van der Waals surface area contributed by atoms with Crippen LogP contribution in [0.15, 0.2) is 186 Å². The molecular formula is C56H47BN2S. The Morgan fingerprint density at radius 2 is 1.23 bits per heavy atom. The summed E-state index contributed by atoms with van der Waals surface area (Å²) in [5.41, 5.74) is 19.3. The van der Waals surface area contributed by atoms with E-state index in [0.29, 0.717) is 0 Å². The Labute approximate surface area is 358 Å². The molecule has 0 amide bonds. The van der Waals surface area contributed by atoms with Crippen molar-refractivity contribution in [3.8, 4) is 27.9 Å². The number of fused-ring (bicyclic) bond motifs is 7. The number of nitrogens with zero attached hydrogens (tertiary/aromatic N) is 2. The predicted octanol–water partition coefficient (Wildman–Crippen LogP) is 13.5. The van der Waals surface area contributed by atoms with Crippen molar-refractivity contribution in [3.63, 3.8) is 0 Å². The van der Waals surface area contributed by atoms with Gasteiger partial charge in [-0.15, -0.1) is 0 Å². The van der Waals surface area contributed by atoms with E-state index in [-0.39, 0.29) is 12.1 Å². The molecule has 60 heavy (non-hydrogen) atoms. The lowest BCUT2D eigenvalue weighted by Crippen LogP contribution is -2.60. The molecule has 0 radical (unpaired) electrons. The zero-order valence-electron chi connectivity index (χ0n) is 34.7. The highest BCUT2D eigenvalue weighted by atomic mass is 32.2. The van der Waals surface area contributed by atoms with Crippen LogP contribution in [0.2, 0.25) is 0 Å². The summed E-state index contributed by atoms with van der Waals surface area (Å²) in [6, 6.07) is 66.3. The Hall–Kier alpha value is -6.23. The number of aromatic nitrogens is 1. The third-order valence-corrected chi connectivity index (χ3v) is 13.9. The van der Waals surface area contributed by atoms with Crippen LogP contribution in [0.25, 0.3) is 49.7 Å². The van der Waals surface area contributed by atoms with Crippen molar-refractivity contribution < 1.29 is 0 Å². The van der Waals surface area contributed by atoms with Crippen LogP contribution >= 0.6 is 11.8 Å². The van der Waals surface area contributed by atoms with Gasteiger partial charge < -0.3 is 9.47 Å². The molecule has 3 heterocycles. The first-order chi connectivity index (χ1) is 29.4. The fourth-order valence-corrected chi connectivity index (χ4v) is 11.0. The van der Waals surface area contributed by atoms with Gasteiger partial charge in [0.2, 0.25) is 6.71 Å². The normalized spacial score (nSPS) is 13.1. The Morgan fingerprint density at radius 1 is 0.550 bits per heavy atom. The van der Waals surface area contributed by atoms with Crippen molar-refractivity contribution in [3.05, 3.63) is 187 Å². The van der Waals surface area contributed by atoms with Crippen molar-refractivity contribution in [1.29, 1.82) is 0 Å². The second kappa shape index (κ2) is 14.5. The fraction of sp³-hybridized carbons (Fsp3) is 0.143. The fourth-order valence-electron chi connectivity index (χ4n) is 9.83. The average Bonchev–Trinajstić information content (AvgIpc) is 3.62. The van der Waals surface area contributed by atoms with E-state index in [1.54, 1.807) is 0 Å². The summed E-state index contributed by atoms with van der Waals surface area (Å²) in [6.45, 7) is 9.45. The van der Waals surface area contributed by atoms with E-state index in [4.69, 9.17) is 0 Å².